The van der Waals surface area contributed by atoms with E-state index < -0.39 is 0 Å². The van der Waals surface area contributed by atoms with Crippen molar-refractivity contribution in [3.63, 3.8) is 0 Å². The van der Waals surface area contributed by atoms with Crippen molar-refractivity contribution in [2.24, 2.45) is 0 Å². The van der Waals surface area contributed by atoms with Crippen LogP contribution in [-0.4, -0.2) is 10.7 Å². The van der Waals surface area contributed by atoms with Crippen molar-refractivity contribution in [2.75, 3.05) is 6.26 Å². The Kier molecular flexibility index (Phi) is 4.06. The van der Waals surface area contributed by atoms with Gasteiger partial charge in [0.25, 0.3) is 0 Å². The van der Waals surface area contributed by atoms with Crippen LogP contribution in [0.5, 0.6) is 0 Å². The van der Waals surface area contributed by atoms with Crippen molar-refractivity contribution in [1.29, 1.82) is 0 Å². The highest BCUT2D eigenvalue weighted by molar-refractivity contribution is 7.98. The van der Waals surface area contributed by atoms with E-state index in [2.05, 4.69) is 108 Å². The number of benzene rings is 6. The standard InChI is InChI=1S/C37H21NO2S/c1-41-22-12-10-20(11-13-22)21-18-29-25-14-16-27-23-6-2-4-8-31(23)39-36(27)34(25)38-33(29)30(19-21)26-15-17-28-24-7-3-5-9-32(24)40-37(28)35(26)38/h2-19H,1H3. The Morgan fingerprint density at radius 2 is 0.976 bits per heavy atom. The van der Waals surface area contributed by atoms with Crippen molar-refractivity contribution < 1.29 is 8.83 Å². The maximum absolute atomic E-state index is 6.63. The molecule has 41 heavy (non-hydrogen) atoms. The molecule has 6 aromatic carbocycles. The molecule has 0 amide bonds. The van der Waals surface area contributed by atoms with Crippen molar-refractivity contribution in [1.82, 2.24) is 4.40 Å². The number of hydrogen-bond acceptors (Lipinski definition) is 3. The average molecular weight is 544 g/mol. The first-order valence-corrected chi connectivity index (χ1v) is 15.0. The molecule has 0 fully saturated rings. The number of fused-ring (bicyclic) bond motifs is 14. The summed E-state index contributed by atoms with van der Waals surface area (Å²) in [7, 11) is 0. The number of thioether (sulfide) groups is 1. The second-order valence-electron chi connectivity index (χ2n) is 10.9. The van der Waals surface area contributed by atoms with E-state index in [1.807, 2.05) is 12.1 Å². The minimum atomic E-state index is 0.906. The second kappa shape index (κ2) is 7.62. The minimum absolute atomic E-state index is 0.906. The predicted octanol–water partition coefficient (Wildman–Crippen LogP) is 11.0. The number of hydrogen-bond donors (Lipinski definition) is 0. The summed E-state index contributed by atoms with van der Waals surface area (Å²) in [6.45, 7) is 0. The first-order chi connectivity index (χ1) is 20.3. The molecule has 3 nitrogen and oxygen atoms in total. The minimum Gasteiger partial charge on any atom is -0.454 e. The Labute approximate surface area is 237 Å². The van der Waals surface area contributed by atoms with Gasteiger partial charge in [0, 0.05) is 48.0 Å². The van der Waals surface area contributed by atoms with Gasteiger partial charge in [-0.3, -0.25) is 0 Å². The lowest BCUT2D eigenvalue weighted by atomic mass is 9.98. The highest BCUT2D eigenvalue weighted by Gasteiger charge is 2.25. The largest absolute Gasteiger partial charge is 0.454 e. The van der Waals surface area contributed by atoms with E-state index in [1.54, 1.807) is 11.8 Å². The molecule has 0 spiro atoms. The zero-order chi connectivity index (χ0) is 26.8. The molecule has 0 N–H and O–H groups in total. The van der Waals surface area contributed by atoms with Gasteiger partial charge in [0.05, 0.1) is 16.6 Å². The van der Waals surface area contributed by atoms with Gasteiger partial charge in [-0.1, -0.05) is 60.7 Å². The number of rotatable bonds is 2. The number of furan rings is 2. The fourth-order valence-electron chi connectivity index (χ4n) is 7.00. The van der Waals surface area contributed by atoms with Gasteiger partial charge in [0.1, 0.15) is 11.2 Å². The third-order valence-corrected chi connectivity index (χ3v) is 9.57. The van der Waals surface area contributed by atoms with Gasteiger partial charge in [-0.15, -0.1) is 11.8 Å². The Balaban J connectivity index is 1.47. The molecule has 0 aliphatic heterocycles. The monoisotopic (exact) mass is 543 g/mol. The van der Waals surface area contributed by atoms with E-state index in [0.717, 1.165) is 54.9 Å². The number of aromatic nitrogens is 1. The first kappa shape index (κ1) is 21.8. The van der Waals surface area contributed by atoms with Crippen molar-refractivity contribution >= 4 is 93.7 Å². The molecule has 0 saturated carbocycles. The smallest absolute Gasteiger partial charge is 0.160 e. The van der Waals surface area contributed by atoms with Crippen LogP contribution in [0.2, 0.25) is 0 Å². The second-order valence-corrected chi connectivity index (χ2v) is 11.7. The fourth-order valence-corrected chi connectivity index (χ4v) is 7.41. The molecule has 4 aromatic heterocycles. The summed E-state index contributed by atoms with van der Waals surface area (Å²) in [5, 5.41) is 9.37. The number of nitrogens with zero attached hydrogens (tertiary/aromatic N) is 1. The van der Waals surface area contributed by atoms with Gasteiger partial charge in [-0.05, 0) is 65.9 Å². The van der Waals surface area contributed by atoms with Crippen LogP contribution in [0.3, 0.4) is 0 Å². The zero-order valence-electron chi connectivity index (χ0n) is 22.1. The van der Waals surface area contributed by atoms with E-state index in [9.17, 15) is 0 Å². The molecule has 0 aliphatic rings. The first-order valence-electron chi connectivity index (χ1n) is 13.8. The fraction of sp³-hybridized carbons (Fsp3) is 0.0270. The average Bonchev–Trinajstić information content (AvgIpc) is 3.76. The summed E-state index contributed by atoms with van der Waals surface area (Å²) in [4.78, 5) is 1.26. The molecule has 0 atom stereocenters. The lowest BCUT2D eigenvalue weighted by Gasteiger charge is -2.05. The maximum atomic E-state index is 6.63. The van der Waals surface area contributed by atoms with Gasteiger partial charge in [0.15, 0.2) is 11.2 Å². The highest BCUT2D eigenvalue weighted by Crippen LogP contribution is 2.47. The topological polar surface area (TPSA) is 30.7 Å². The summed E-state index contributed by atoms with van der Waals surface area (Å²) < 4.78 is 15.7. The van der Waals surface area contributed by atoms with Gasteiger partial charge < -0.3 is 13.2 Å². The quantitative estimate of drug-likeness (QED) is 0.203. The van der Waals surface area contributed by atoms with E-state index in [1.165, 1.54) is 43.1 Å². The van der Waals surface area contributed by atoms with Gasteiger partial charge in [-0.2, -0.15) is 0 Å². The number of para-hydroxylation sites is 2. The molecule has 0 radical (unpaired) electrons. The summed E-state index contributed by atoms with van der Waals surface area (Å²) in [5.74, 6) is 0. The Bertz CT molecular complexity index is 2510. The third-order valence-electron chi connectivity index (χ3n) is 8.83. The molecule has 4 heteroatoms. The van der Waals surface area contributed by atoms with Crippen molar-refractivity contribution in [3.05, 3.63) is 109 Å². The van der Waals surface area contributed by atoms with Crippen molar-refractivity contribution in [2.45, 2.75) is 4.90 Å². The molecular formula is C37H21NO2S. The van der Waals surface area contributed by atoms with Crippen molar-refractivity contribution in [3.8, 4) is 11.1 Å². The van der Waals surface area contributed by atoms with E-state index >= 15 is 0 Å². The molecule has 0 unspecified atom stereocenters. The summed E-state index contributed by atoms with van der Waals surface area (Å²) in [6.07, 6.45) is 2.12. The third kappa shape index (κ3) is 2.71. The lowest BCUT2D eigenvalue weighted by Crippen LogP contribution is -1.82. The SMILES string of the molecule is CSc1ccc(-c2cc3c4ccc5c6ccccc6oc5c4n4c3c(c2)c2ccc3c5ccccc5oc3c24)cc1. The van der Waals surface area contributed by atoms with Gasteiger partial charge in [-0.25, -0.2) is 0 Å². The molecule has 10 aromatic rings. The molecule has 4 heterocycles. The molecule has 0 bridgehead atoms. The van der Waals surface area contributed by atoms with Crippen LogP contribution in [0.4, 0.5) is 0 Å². The molecular weight excluding hydrogens is 522 g/mol. The van der Waals surface area contributed by atoms with E-state index in [4.69, 9.17) is 8.83 Å². The molecule has 192 valence electrons. The highest BCUT2D eigenvalue weighted by atomic mass is 32.2. The van der Waals surface area contributed by atoms with Crippen LogP contribution in [0.15, 0.2) is 123 Å². The summed E-state index contributed by atoms with van der Waals surface area (Å²) in [5.41, 5.74) is 9.46. The van der Waals surface area contributed by atoms with Crippen LogP contribution in [0.25, 0.3) is 93.1 Å². The Morgan fingerprint density at radius 1 is 0.463 bits per heavy atom. The van der Waals surface area contributed by atoms with Crippen LogP contribution in [-0.2, 0) is 0 Å². The van der Waals surface area contributed by atoms with Crippen LogP contribution >= 0.6 is 11.8 Å². The van der Waals surface area contributed by atoms with Crippen LogP contribution in [0.1, 0.15) is 0 Å². The van der Waals surface area contributed by atoms with E-state index in [-0.39, 0.29) is 0 Å². The van der Waals surface area contributed by atoms with Crippen LogP contribution < -0.4 is 0 Å². The normalized spacial score (nSPS) is 12.6. The van der Waals surface area contributed by atoms with Gasteiger partial charge in [0.2, 0.25) is 0 Å². The Morgan fingerprint density at radius 3 is 1.51 bits per heavy atom. The maximum Gasteiger partial charge on any atom is 0.160 e. The summed E-state index contributed by atoms with van der Waals surface area (Å²) in [6, 6.07) is 39.2. The Hall–Kier alpha value is -4.93. The predicted molar refractivity (Wildman–Crippen MR) is 173 cm³/mol. The molecule has 0 saturated heterocycles. The molecule has 0 aliphatic carbocycles. The summed E-state index contributed by atoms with van der Waals surface area (Å²) >= 11 is 1.77. The molecule has 10 rings (SSSR count). The lowest BCUT2D eigenvalue weighted by molar-refractivity contribution is 0.670. The van der Waals surface area contributed by atoms with Crippen LogP contribution in [0, 0.1) is 0 Å². The van der Waals surface area contributed by atoms with Gasteiger partial charge >= 0.3 is 0 Å². The zero-order valence-corrected chi connectivity index (χ0v) is 22.9. The van der Waals surface area contributed by atoms with E-state index in [0.29, 0.717) is 0 Å².